The van der Waals surface area contributed by atoms with Crippen LogP contribution in [0, 0.1) is 0 Å². The number of rotatable bonds is 6. The van der Waals surface area contributed by atoms with Crippen molar-refractivity contribution in [2.75, 3.05) is 5.32 Å². The molecule has 4 rings (SSSR count). The second-order valence-electron chi connectivity index (χ2n) is 6.22. The molecule has 0 aliphatic heterocycles. The molecule has 0 spiro atoms. The lowest BCUT2D eigenvalue weighted by Gasteiger charge is -1.97. The number of hydrogen-bond acceptors (Lipinski definition) is 6. The van der Waals surface area contributed by atoms with Crippen molar-refractivity contribution in [2.24, 2.45) is 0 Å². The van der Waals surface area contributed by atoms with E-state index in [2.05, 4.69) is 15.6 Å². The zero-order valence-corrected chi connectivity index (χ0v) is 16.3. The highest BCUT2D eigenvalue weighted by molar-refractivity contribution is 7.14. The highest BCUT2D eigenvalue weighted by Gasteiger charge is 2.11. The second-order valence-corrected chi connectivity index (χ2v) is 7.08. The molecule has 0 bridgehead atoms. The van der Waals surface area contributed by atoms with Gasteiger partial charge in [0.1, 0.15) is 22.8 Å². The molecule has 0 radical (unpaired) electrons. The van der Waals surface area contributed by atoms with Crippen molar-refractivity contribution in [1.82, 2.24) is 10.3 Å². The number of furan rings is 2. The van der Waals surface area contributed by atoms with Crippen LogP contribution >= 0.6 is 11.3 Å². The summed E-state index contributed by atoms with van der Waals surface area (Å²) in [5.41, 5.74) is 1.38. The summed E-state index contributed by atoms with van der Waals surface area (Å²) < 4.78 is 11.3. The number of aromatic nitrogens is 1. The van der Waals surface area contributed by atoms with Gasteiger partial charge in [0.05, 0.1) is 6.54 Å². The average Bonchev–Trinajstić information content (AvgIpc) is 3.43. The minimum absolute atomic E-state index is 0.127. The number of carbonyl (C=O) groups is 2. The van der Waals surface area contributed by atoms with Crippen LogP contribution in [-0.4, -0.2) is 16.8 Å². The fourth-order valence-electron chi connectivity index (χ4n) is 2.66. The minimum atomic E-state index is -0.308. The maximum Gasteiger partial charge on any atom is 0.250 e. The Morgan fingerprint density at radius 1 is 1.17 bits per heavy atom. The third-order valence-corrected chi connectivity index (χ3v) is 4.76. The predicted molar refractivity (Wildman–Crippen MR) is 111 cm³/mol. The van der Waals surface area contributed by atoms with Crippen LogP contribution in [0.3, 0.4) is 0 Å². The van der Waals surface area contributed by atoms with E-state index in [1.807, 2.05) is 30.3 Å². The molecule has 7 nitrogen and oxygen atoms in total. The van der Waals surface area contributed by atoms with E-state index in [1.54, 1.807) is 23.6 Å². The second kappa shape index (κ2) is 8.15. The Morgan fingerprint density at radius 3 is 2.86 bits per heavy atom. The van der Waals surface area contributed by atoms with Crippen molar-refractivity contribution in [3.05, 3.63) is 65.4 Å². The molecule has 2 amide bonds. The van der Waals surface area contributed by atoms with Crippen molar-refractivity contribution in [2.45, 2.75) is 13.5 Å². The predicted octanol–water partition coefficient (Wildman–Crippen LogP) is 4.44. The van der Waals surface area contributed by atoms with E-state index in [9.17, 15) is 9.59 Å². The molecule has 0 aliphatic carbocycles. The van der Waals surface area contributed by atoms with E-state index < -0.39 is 0 Å². The molecular weight excluding hydrogens is 390 g/mol. The number of para-hydroxylation sites is 1. The van der Waals surface area contributed by atoms with E-state index in [-0.39, 0.29) is 11.8 Å². The summed E-state index contributed by atoms with van der Waals surface area (Å²) in [6, 6.07) is 13.1. The van der Waals surface area contributed by atoms with Gasteiger partial charge in [-0.25, -0.2) is 4.98 Å². The smallest absolute Gasteiger partial charge is 0.250 e. The summed E-state index contributed by atoms with van der Waals surface area (Å²) in [6.45, 7) is 1.76. The first-order valence-corrected chi connectivity index (χ1v) is 9.71. The van der Waals surface area contributed by atoms with Crippen LogP contribution in [0.5, 0.6) is 0 Å². The van der Waals surface area contributed by atoms with Crippen LogP contribution < -0.4 is 10.6 Å². The molecule has 0 saturated heterocycles. The van der Waals surface area contributed by atoms with Crippen LogP contribution in [0.2, 0.25) is 0 Å². The third-order valence-electron chi connectivity index (χ3n) is 4.00. The number of anilines is 1. The Labute approximate surface area is 170 Å². The summed E-state index contributed by atoms with van der Waals surface area (Å²) in [4.78, 5) is 27.5. The molecule has 0 unspecified atom stereocenters. The van der Waals surface area contributed by atoms with Gasteiger partial charge in [0.2, 0.25) is 11.8 Å². The van der Waals surface area contributed by atoms with Crippen LogP contribution in [0.15, 0.2) is 62.8 Å². The molecule has 0 aliphatic rings. The molecule has 8 heteroatoms. The van der Waals surface area contributed by atoms with Gasteiger partial charge >= 0.3 is 0 Å². The highest BCUT2D eigenvalue weighted by atomic mass is 32.1. The number of fused-ring (bicyclic) bond motifs is 1. The average molecular weight is 407 g/mol. The first-order valence-electron chi connectivity index (χ1n) is 8.83. The van der Waals surface area contributed by atoms with Gasteiger partial charge in [-0.05, 0) is 30.3 Å². The van der Waals surface area contributed by atoms with Gasteiger partial charge in [-0.2, -0.15) is 0 Å². The fraction of sp³-hybridized carbons (Fsp3) is 0.0952. The molecule has 4 aromatic rings. The molecule has 0 saturated carbocycles. The lowest BCUT2D eigenvalue weighted by Crippen LogP contribution is -2.18. The third kappa shape index (κ3) is 4.61. The molecular formula is C21H17N3O4S. The Hall–Kier alpha value is -3.65. The van der Waals surface area contributed by atoms with Crippen LogP contribution in [0.25, 0.3) is 28.5 Å². The molecule has 3 aromatic heterocycles. The largest absolute Gasteiger partial charge is 0.458 e. The van der Waals surface area contributed by atoms with E-state index in [4.69, 9.17) is 8.83 Å². The number of amides is 2. The summed E-state index contributed by atoms with van der Waals surface area (Å²) in [5.74, 6) is 1.36. The number of nitrogens with zero attached hydrogens (tertiary/aromatic N) is 1. The van der Waals surface area contributed by atoms with Gasteiger partial charge in [-0.3, -0.25) is 14.9 Å². The zero-order valence-electron chi connectivity index (χ0n) is 15.5. The molecule has 29 heavy (non-hydrogen) atoms. The number of thiazole rings is 1. The lowest BCUT2D eigenvalue weighted by atomic mass is 10.2. The van der Waals surface area contributed by atoms with Gasteiger partial charge in [-0.1, -0.05) is 18.2 Å². The van der Waals surface area contributed by atoms with Gasteiger partial charge < -0.3 is 14.2 Å². The van der Waals surface area contributed by atoms with E-state index in [1.165, 1.54) is 24.3 Å². The topological polar surface area (TPSA) is 97.4 Å². The lowest BCUT2D eigenvalue weighted by molar-refractivity contribution is -0.119. The maximum absolute atomic E-state index is 12.2. The first-order chi connectivity index (χ1) is 14.1. The summed E-state index contributed by atoms with van der Waals surface area (Å²) >= 11 is 1.30. The molecule has 2 N–H and O–H groups in total. The molecule has 0 fully saturated rings. The van der Waals surface area contributed by atoms with Crippen molar-refractivity contribution in [3.8, 4) is 11.5 Å². The number of hydrogen-bond donors (Lipinski definition) is 2. The Kier molecular flexibility index (Phi) is 5.26. The maximum atomic E-state index is 12.2. The monoisotopic (exact) mass is 407 g/mol. The molecule has 0 atom stereocenters. The Balaban J connectivity index is 1.38. The molecule has 3 heterocycles. The number of carbonyl (C=O) groups excluding carboxylic acids is 2. The van der Waals surface area contributed by atoms with Crippen LogP contribution in [-0.2, 0) is 16.1 Å². The van der Waals surface area contributed by atoms with E-state index in [0.717, 1.165) is 11.0 Å². The van der Waals surface area contributed by atoms with Gasteiger partial charge in [0.25, 0.3) is 0 Å². The van der Waals surface area contributed by atoms with E-state index in [0.29, 0.717) is 34.7 Å². The zero-order chi connectivity index (χ0) is 20.2. The summed E-state index contributed by atoms with van der Waals surface area (Å²) in [7, 11) is 0. The number of nitrogens with one attached hydrogen (secondary N) is 2. The van der Waals surface area contributed by atoms with Crippen molar-refractivity contribution in [3.63, 3.8) is 0 Å². The first kappa shape index (κ1) is 18.7. The van der Waals surface area contributed by atoms with Crippen LogP contribution in [0.1, 0.15) is 18.4 Å². The van der Waals surface area contributed by atoms with Gasteiger partial charge in [0.15, 0.2) is 10.9 Å². The summed E-state index contributed by atoms with van der Waals surface area (Å²) in [6.07, 6.45) is 3.02. The Morgan fingerprint density at radius 2 is 2.03 bits per heavy atom. The highest BCUT2D eigenvalue weighted by Crippen LogP contribution is 2.26. The van der Waals surface area contributed by atoms with Gasteiger partial charge in [-0.15, -0.1) is 11.3 Å². The van der Waals surface area contributed by atoms with E-state index >= 15 is 0 Å². The fourth-order valence-corrected chi connectivity index (χ4v) is 3.36. The minimum Gasteiger partial charge on any atom is -0.458 e. The van der Waals surface area contributed by atoms with Crippen molar-refractivity contribution < 1.29 is 18.4 Å². The SMILES string of the molecule is CC(=O)NCc1ccc(-c2csc(NC(=O)/C=C/c3cc4ccccc4o3)n2)o1. The Bertz CT molecular complexity index is 1170. The van der Waals surface area contributed by atoms with Crippen LogP contribution in [0.4, 0.5) is 5.13 Å². The standard InChI is InChI=1S/C21H17N3O4S/c1-13(25)22-11-16-6-8-19(28-16)17-12-29-21(23-17)24-20(26)9-7-15-10-14-4-2-3-5-18(14)27-15/h2-10,12H,11H2,1H3,(H,22,25)(H,23,24,26)/b9-7+. The van der Waals surface area contributed by atoms with Crippen molar-refractivity contribution >= 4 is 45.3 Å². The quantitative estimate of drug-likeness (QED) is 0.461. The normalized spacial score (nSPS) is 11.2. The van der Waals surface area contributed by atoms with Crippen molar-refractivity contribution in [1.29, 1.82) is 0 Å². The summed E-state index contributed by atoms with van der Waals surface area (Å²) in [5, 5.41) is 8.62. The molecule has 146 valence electrons. The number of benzene rings is 1. The van der Waals surface area contributed by atoms with Gasteiger partial charge in [0, 0.05) is 23.8 Å². The molecule has 1 aromatic carbocycles.